The number of ether oxygens (including phenoxy) is 2. The van der Waals surface area contributed by atoms with E-state index < -0.39 is 0 Å². The maximum absolute atomic E-state index is 11.6. The van der Waals surface area contributed by atoms with Crippen molar-refractivity contribution in [3.05, 3.63) is 0 Å². The van der Waals surface area contributed by atoms with Crippen LogP contribution in [0.1, 0.15) is 142 Å². The van der Waals surface area contributed by atoms with Gasteiger partial charge in [0.1, 0.15) is 0 Å². The lowest BCUT2D eigenvalue weighted by Gasteiger charge is -2.07. The Balaban J connectivity index is 3.31. The Morgan fingerprint density at radius 3 is 1.03 bits per heavy atom. The molecule has 4 heteroatoms. The highest BCUT2D eigenvalue weighted by molar-refractivity contribution is 5.70. The lowest BCUT2D eigenvalue weighted by atomic mass is 10.1. The summed E-state index contributed by atoms with van der Waals surface area (Å²) in [5.74, 6) is -0.521. The van der Waals surface area contributed by atoms with E-state index in [-0.39, 0.29) is 18.7 Å². The number of unbranched alkanes of at least 4 members (excludes halogenated alkanes) is 16. The van der Waals surface area contributed by atoms with Crippen LogP contribution in [-0.2, 0) is 19.1 Å². The summed E-state index contributed by atoms with van der Waals surface area (Å²) in [6.07, 6.45) is 22.8. The van der Waals surface area contributed by atoms with Gasteiger partial charge in [-0.15, -0.1) is 0 Å². The maximum Gasteiger partial charge on any atom is 0.308 e. The molecular weight excluding hydrogens is 364 g/mol. The zero-order valence-corrected chi connectivity index (χ0v) is 19.5. The molecule has 4 nitrogen and oxygen atoms in total. The highest BCUT2D eigenvalue weighted by Gasteiger charge is 2.06. The van der Waals surface area contributed by atoms with Crippen molar-refractivity contribution in [2.24, 2.45) is 0 Å². The van der Waals surface area contributed by atoms with E-state index in [2.05, 4.69) is 13.8 Å². The van der Waals surface area contributed by atoms with Crippen molar-refractivity contribution in [2.45, 2.75) is 142 Å². The van der Waals surface area contributed by atoms with Crippen molar-refractivity contribution < 1.29 is 19.1 Å². The number of hydrogen-bond acceptors (Lipinski definition) is 4. The highest BCUT2D eigenvalue weighted by atomic mass is 16.7. The monoisotopic (exact) mass is 412 g/mol. The predicted octanol–water partition coefficient (Wildman–Crippen LogP) is 7.87. The second kappa shape index (κ2) is 23.2. The molecule has 0 aromatic rings. The van der Waals surface area contributed by atoms with Gasteiger partial charge in [0.05, 0.1) is 0 Å². The molecule has 0 radical (unpaired) electrons. The van der Waals surface area contributed by atoms with Crippen molar-refractivity contribution in [2.75, 3.05) is 6.79 Å². The van der Waals surface area contributed by atoms with E-state index >= 15 is 0 Å². The van der Waals surface area contributed by atoms with E-state index in [1.165, 1.54) is 89.9 Å². The summed E-state index contributed by atoms with van der Waals surface area (Å²) < 4.78 is 9.99. The maximum atomic E-state index is 11.6. The van der Waals surface area contributed by atoms with Crippen molar-refractivity contribution in [1.29, 1.82) is 0 Å². The fraction of sp³-hybridized carbons (Fsp3) is 0.920. The minimum absolute atomic E-state index is 0.230. The smallest absolute Gasteiger partial charge is 0.308 e. The van der Waals surface area contributed by atoms with E-state index in [0.29, 0.717) is 12.8 Å². The van der Waals surface area contributed by atoms with Crippen LogP contribution in [0, 0.1) is 0 Å². The van der Waals surface area contributed by atoms with Gasteiger partial charge in [0, 0.05) is 12.8 Å². The van der Waals surface area contributed by atoms with Gasteiger partial charge in [-0.05, 0) is 12.8 Å². The number of hydrogen-bond donors (Lipinski definition) is 0. The number of rotatable bonds is 22. The van der Waals surface area contributed by atoms with Crippen LogP contribution in [0.3, 0.4) is 0 Å². The average Bonchev–Trinajstić information content (AvgIpc) is 2.71. The molecule has 0 saturated carbocycles. The minimum atomic E-state index is -0.260. The molecule has 0 aliphatic carbocycles. The van der Waals surface area contributed by atoms with Crippen molar-refractivity contribution in [3.8, 4) is 0 Å². The molecule has 0 spiro atoms. The lowest BCUT2D eigenvalue weighted by Crippen LogP contribution is -2.12. The van der Waals surface area contributed by atoms with Gasteiger partial charge in [-0.25, -0.2) is 0 Å². The third-order valence-corrected chi connectivity index (χ3v) is 5.41. The third kappa shape index (κ3) is 23.1. The van der Waals surface area contributed by atoms with E-state index in [0.717, 1.165) is 25.7 Å². The molecule has 172 valence electrons. The fourth-order valence-electron chi connectivity index (χ4n) is 3.47. The third-order valence-electron chi connectivity index (χ3n) is 5.41. The molecule has 0 amide bonds. The van der Waals surface area contributed by atoms with Crippen LogP contribution in [0.15, 0.2) is 0 Å². The Hall–Kier alpha value is -1.06. The zero-order valence-electron chi connectivity index (χ0n) is 19.5. The predicted molar refractivity (Wildman–Crippen MR) is 121 cm³/mol. The van der Waals surface area contributed by atoms with Crippen LogP contribution >= 0.6 is 0 Å². The van der Waals surface area contributed by atoms with Crippen LogP contribution in [0.4, 0.5) is 0 Å². The van der Waals surface area contributed by atoms with Gasteiger partial charge < -0.3 is 9.47 Å². The Kier molecular flexibility index (Phi) is 22.4. The first-order valence-electron chi connectivity index (χ1n) is 12.5. The Morgan fingerprint density at radius 2 is 0.724 bits per heavy atom. The molecule has 0 aliphatic heterocycles. The normalized spacial score (nSPS) is 10.8. The summed E-state index contributed by atoms with van der Waals surface area (Å²) in [5.41, 5.74) is 0. The lowest BCUT2D eigenvalue weighted by molar-refractivity contribution is -0.167. The molecule has 0 heterocycles. The summed E-state index contributed by atoms with van der Waals surface area (Å²) in [5, 5.41) is 0. The van der Waals surface area contributed by atoms with Gasteiger partial charge in [0.2, 0.25) is 6.79 Å². The summed E-state index contributed by atoms with van der Waals surface area (Å²) in [6.45, 7) is 4.24. The van der Waals surface area contributed by atoms with Crippen LogP contribution in [0.5, 0.6) is 0 Å². The van der Waals surface area contributed by atoms with E-state index in [1.807, 2.05) is 0 Å². The van der Waals surface area contributed by atoms with Crippen molar-refractivity contribution in [3.63, 3.8) is 0 Å². The molecule has 0 bridgehead atoms. The zero-order chi connectivity index (χ0) is 21.4. The SMILES string of the molecule is CCCCCCCCCCCC(=O)OCOC(=O)CCCCCCCCCCC. The Bertz CT molecular complexity index is 334. The van der Waals surface area contributed by atoms with Gasteiger partial charge in [-0.2, -0.15) is 0 Å². The second-order valence-corrected chi connectivity index (χ2v) is 8.31. The van der Waals surface area contributed by atoms with Gasteiger partial charge in [-0.3, -0.25) is 9.59 Å². The Morgan fingerprint density at radius 1 is 0.448 bits per heavy atom. The first kappa shape index (κ1) is 27.9. The summed E-state index contributed by atoms with van der Waals surface area (Å²) >= 11 is 0. The topological polar surface area (TPSA) is 52.6 Å². The van der Waals surface area contributed by atoms with Gasteiger partial charge in [-0.1, -0.05) is 117 Å². The molecule has 0 atom stereocenters. The van der Waals surface area contributed by atoms with Crippen molar-refractivity contribution in [1.82, 2.24) is 0 Å². The molecule has 0 aromatic carbocycles. The summed E-state index contributed by atoms with van der Waals surface area (Å²) in [6, 6.07) is 0. The van der Waals surface area contributed by atoms with Crippen LogP contribution < -0.4 is 0 Å². The minimum Gasteiger partial charge on any atom is -0.428 e. The Labute approximate surface area is 180 Å². The number of carbonyl (C=O) groups is 2. The molecule has 0 N–H and O–H groups in total. The van der Waals surface area contributed by atoms with Crippen LogP contribution in [0.25, 0.3) is 0 Å². The van der Waals surface area contributed by atoms with Crippen LogP contribution in [0.2, 0.25) is 0 Å². The summed E-state index contributed by atoms with van der Waals surface area (Å²) in [4.78, 5) is 23.3. The van der Waals surface area contributed by atoms with E-state index in [9.17, 15) is 9.59 Å². The first-order chi connectivity index (χ1) is 14.2. The molecule has 0 unspecified atom stereocenters. The molecule has 0 fully saturated rings. The molecular formula is C25H48O4. The van der Waals surface area contributed by atoms with E-state index in [4.69, 9.17) is 9.47 Å². The molecule has 0 aliphatic rings. The van der Waals surface area contributed by atoms with Crippen LogP contribution in [-0.4, -0.2) is 18.7 Å². The van der Waals surface area contributed by atoms with Gasteiger partial charge in [0.15, 0.2) is 0 Å². The molecule has 0 rings (SSSR count). The molecule has 0 aromatic heterocycles. The highest BCUT2D eigenvalue weighted by Crippen LogP contribution is 2.12. The molecule has 29 heavy (non-hydrogen) atoms. The fourth-order valence-corrected chi connectivity index (χ4v) is 3.47. The largest absolute Gasteiger partial charge is 0.428 e. The first-order valence-corrected chi connectivity index (χ1v) is 12.5. The molecule has 0 saturated heterocycles. The number of carbonyl (C=O) groups excluding carboxylic acids is 2. The van der Waals surface area contributed by atoms with Gasteiger partial charge in [0.25, 0.3) is 0 Å². The van der Waals surface area contributed by atoms with Gasteiger partial charge >= 0.3 is 11.9 Å². The standard InChI is InChI=1S/C25H48O4/c1-3-5-7-9-11-13-15-17-19-21-24(26)28-23-29-25(27)22-20-18-16-14-12-10-8-6-4-2/h3-23H2,1-2H3. The average molecular weight is 413 g/mol. The van der Waals surface area contributed by atoms with Crippen molar-refractivity contribution >= 4 is 11.9 Å². The second-order valence-electron chi connectivity index (χ2n) is 8.31. The van der Waals surface area contributed by atoms with E-state index in [1.54, 1.807) is 0 Å². The number of esters is 2. The summed E-state index contributed by atoms with van der Waals surface area (Å²) in [7, 11) is 0. The quantitative estimate of drug-likeness (QED) is 0.103.